The number of rotatable bonds is 5. The smallest absolute Gasteiger partial charge is 0.394 e. The molecule has 3 nitrogen and oxygen atoms in total. The topological polar surface area (TPSA) is 35.5 Å². The van der Waals surface area contributed by atoms with Crippen molar-refractivity contribution in [3.63, 3.8) is 0 Å². The van der Waals surface area contributed by atoms with Crippen LogP contribution in [0.1, 0.15) is 12.5 Å². The van der Waals surface area contributed by atoms with Gasteiger partial charge in [-0.15, -0.1) is 0 Å². The summed E-state index contributed by atoms with van der Waals surface area (Å²) in [6, 6.07) is 7.04. The summed E-state index contributed by atoms with van der Waals surface area (Å²) in [5, 5.41) is 11.7. The molecular weight excluding hydrogens is 257 g/mol. The SMILES string of the molecule is CN(C)c1ccc(C(C)(CO)NCC(F)(F)F)cc1. The largest absolute Gasteiger partial charge is 0.401 e. The average Bonchev–Trinajstić information content (AvgIpc) is 2.35. The Morgan fingerprint density at radius 3 is 2.05 bits per heavy atom. The molecule has 2 N–H and O–H groups in total. The van der Waals surface area contributed by atoms with Crippen LogP contribution in [0.5, 0.6) is 0 Å². The van der Waals surface area contributed by atoms with Crippen LogP contribution < -0.4 is 10.2 Å². The minimum Gasteiger partial charge on any atom is -0.394 e. The van der Waals surface area contributed by atoms with Gasteiger partial charge in [0.1, 0.15) is 0 Å². The van der Waals surface area contributed by atoms with Gasteiger partial charge in [-0.3, -0.25) is 5.32 Å². The third-order valence-electron chi connectivity index (χ3n) is 3.02. The highest BCUT2D eigenvalue weighted by Gasteiger charge is 2.33. The lowest BCUT2D eigenvalue weighted by molar-refractivity contribution is -0.129. The summed E-state index contributed by atoms with van der Waals surface area (Å²) in [6.07, 6.45) is -4.31. The molecule has 0 saturated carbocycles. The molecule has 6 heteroatoms. The van der Waals surface area contributed by atoms with E-state index >= 15 is 0 Å². The molecule has 1 atom stereocenters. The molecule has 0 heterocycles. The van der Waals surface area contributed by atoms with Crippen molar-refractivity contribution in [1.29, 1.82) is 0 Å². The fourth-order valence-electron chi connectivity index (χ4n) is 1.67. The van der Waals surface area contributed by atoms with E-state index in [0.717, 1.165) is 5.69 Å². The number of alkyl halides is 3. The molecule has 1 rings (SSSR count). The summed E-state index contributed by atoms with van der Waals surface area (Å²) in [4.78, 5) is 1.89. The summed E-state index contributed by atoms with van der Waals surface area (Å²) in [7, 11) is 3.75. The van der Waals surface area contributed by atoms with E-state index in [1.54, 1.807) is 31.2 Å². The molecule has 0 amide bonds. The van der Waals surface area contributed by atoms with Crippen molar-refractivity contribution < 1.29 is 18.3 Å². The predicted molar refractivity (Wildman–Crippen MR) is 69.3 cm³/mol. The van der Waals surface area contributed by atoms with Gasteiger partial charge in [-0.25, -0.2) is 0 Å². The Morgan fingerprint density at radius 2 is 1.68 bits per heavy atom. The maximum atomic E-state index is 12.3. The van der Waals surface area contributed by atoms with Crippen LogP contribution in [-0.2, 0) is 5.54 Å². The quantitative estimate of drug-likeness (QED) is 0.864. The lowest BCUT2D eigenvalue weighted by Gasteiger charge is -2.30. The summed E-state index contributed by atoms with van der Waals surface area (Å²) >= 11 is 0. The van der Waals surface area contributed by atoms with E-state index < -0.39 is 24.9 Å². The van der Waals surface area contributed by atoms with Gasteiger partial charge in [-0.2, -0.15) is 13.2 Å². The van der Waals surface area contributed by atoms with Crippen molar-refractivity contribution in [2.75, 3.05) is 32.1 Å². The van der Waals surface area contributed by atoms with E-state index in [1.165, 1.54) is 0 Å². The zero-order valence-corrected chi connectivity index (χ0v) is 11.3. The van der Waals surface area contributed by atoms with Crippen LogP contribution in [0.4, 0.5) is 18.9 Å². The van der Waals surface area contributed by atoms with Gasteiger partial charge in [0.25, 0.3) is 0 Å². The molecule has 0 aliphatic heterocycles. The number of halogens is 3. The molecule has 0 saturated heterocycles. The fourth-order valence-corrected chi connectivity index (χ4v) is 1.67. The molecule has 1 aromatic carbocycles. The molecule has 0 aliphatic rings. The van der Waals surface area contributed by atoms with Crippen LogP contribution in [0, 0.1) is 0 Å². The van der Waals surface area contributed by atoms with Crippen LogP contribution in [0.2, 0.25) is 0 Å². The van der Waals surface area contributed by atoms with E-state index in [2.05, 4.69) is 5.32 Å². The first kappa shape index (κ1) is 15.8. The molecule has 0 aromatic heterocycles. The fraction of sp³-hybridized carbons (Fsp3) is 0.538. The van der Waals surface area contributed by atoms with E-state index in [4.69, 9.17) is 0 Å². The Bertz CT molecular complexity index is 403. The van der Waals surface area contributed by atoms with Crippen molar-refractivity contribution in [1.82, 2.24) is 5.32 Å². The Labute approximate surface area is 111 Å². The number of hydrogen-bond acceptors (Lipinski definition) is 3. The second-order valence-electron chi connectivity index (χ2n) is 4.90. The van der Waals surface area contributed by atoms with Gasteiger partial charge in [0.15, 0.2) is 0 Å². The zero-order valence-electron chi connectivity index (χ0n) is 11.3. The standard InChI is InChI=1S/C13H19F3N2O/c1-12(9-19,17-8-13(14,15)16)10-4-6-11(7-5-10)18(2)3/h4-7,17,19H,8-9H2,1-3H3. The van der Waals surface area contributed by atoms with E-state index in [0.29, 0.717) is 5.56 Å². The molecular formula is C13H19F3N2O. The van der Waals surface area contributed by atoms with Crippen LogP contribution in [0.3, 0.4) is 0 Å². The van der Waals surface area contributed by atoms with E-state index in [-0.39, 0.29) is 0 Å². The molecule has 0 aliphatic carbocycles. The van der Waals surface area contributed by atoms with Crippen molar-refractivity contribution >= 4 is 5.69 Å². The number of hydrogen-bond donors (Lipinski definition) is 2. The molecule has 1 unspecified atom stereocenters. The second-order valence-corrected chi connectivity index (χ2v) is 4.90. The minimum atomic E-state index is -4.31. The van der Waals surface area contributed by atoms with Crippen LogP contribution >= 0.6 is 0 Å². The number of nitrogens with zero attached hydrogens (tertiary/aromatic N) is 1. The van der Waals surface area contributed by atoms with Crippen LogP contribution in [0.15, 0.2) is 24.3 Å². The zero-order chi connectivity index (χ0) is 14.7. The third-order valence-corrected chi connectivity index (χ3v) is 3.02. The van der Waals surface area contributed by atoms with Crippen LogP contribution in [-0.4, -0.2) is 38.5 Å². The van der Waals surface area contributed by atoms with Gasteiger partial charge in [-0.05, 0) is 24.6 Å². The third kappa shape index (κ3) is 4.40. The highest BCUT2D eigenvalue weighted by atomic mass is 19.4. The molecule has 0 spiro atoms. The van der Waals surface area contributed by atoms with Crippen molar-refractivity contribution in [2.45, 2.75) is 18.6 Å². The number of aliphatic hydroxyl groups is 1. The lowest BCUT2D eigenvalue weighted by atomic mass is 9.92. The summed E-state index contributed by atoms with van der Waals surface area (Å²) in [6.45, 7) is -0.00666. The summed E-state index contributed by atoms with van der Waals surface area (Å²) < 4.78 is 36.8. The Hall–Kier alpha value is -1.27. The molecule has 0 radical (unpaired) electrons. The second kappa shape index (κ2) is 5.79. The van der Waals surface area contributed by atoms with E-state index in [1.807, 2.05) is 19.0 Å². The Morgan fingerprint density at radius 1 is 1.16 bits per heavy atom. The summed E-state index contributed by atoms with van der Waals surface area (Å²) in [5.74, 6) is 0. The van der Waals surface area contributed by atoms with Gasteiger partial charge in [0.05, 0.1) is 18.7 Å². The average molecular weight is 276 g/mol. The predicted octanol–water partition coefficient (Wildman–Crippen LogP) is 2.11. The number of benzene rings is 1. The maximum Gasteiger partial charge on any atom is 0.401 e. The minimum absolute atomic E-state index is 0.412. The van der Waals surface area contributed by atoms with Gasteiger partial charge < -0.3 is 10.0 Å². The molecule has 0 bridgehead atoms. The van der Waals surface area contributed by atoms with E-state index in [9.17, 15) is 18.3 Å². The van der Waals surface area contributed by atoms with Crippen molar-refractivity contribution in [3.05, 3.63) is 29.8 Å². The van der Waals surface area contributed by atoms with Crippen molar-refractivity contribution in [3.8, 4) is 0 Å². The normalized spacial score (nSPS) is 15.1. The summed E-state index contributed by atoms with van der Waals surface area (Å²) in [5.41, 5.74) is 0.449. The van der Waals surface area contributed by atoms with Crippen molar-refractivity contribution in [2.24, 2.45) is 0 Å². The highest BCUT2D eigenvalue weighted by molar-refractivity contribution is 5.47. The monoisotopic (exact) mass is 276 g/mol. The Kier molecular flexibility index (Phi) is 4.81. The van der Waals surface area contributed by atoms with Gasteiger partial charge in [0.2, 0.25) is 0 Å². The maximum absolute atomic E-state index is 12.3. The van der Waals surface area contributed by atoms with Gasteiger partial charge in [-0.1, -0.05) is 12.1 Å². The van der Waals surface area contributed by atoms with Gasteiger partial charge in [0, 0.05) is 19.8 Å². The molecule has 1 aromatic rings. The first-order chi connectivity index (χ1) is 8.68. The molecule has 0 fully saturated rings. The first-order valence-electron chi connectivity index (χ1n) is 5.88. The number of aliphatic hydroxyl groups excluding tert-OH is 1. The Balaban J connectivity index is 2.88. The highest BCUT2D eigenvalue weighted by Crippen LogP contribution is 2.24. The number of anilines is 1. The molecule has 19 heavy (non-hydrogen) atoms. The molecule has 108 valence electrons. The van der Waals surface area contributed by atoms with Gasteiger partial charge >= 0.3 is 6.18 Å². The number of nitrogens with one attached hydrogen (secondary N) is 1. The van der Waals surface area contributed by atoms with Crippen LogP contribution in [0.25, 0.3) is 0 Å². The lowest BCUT2D eigenvalue weighted by Crippen LogP contribution is -2.47. The first-order valence-corrected chi connectivity index (χ1v) is 5.88.